The first-order valence-corrected chi connectivity index (χ1v) is 10.7. The van der Waals surface area contributed by atoms with Crippen molar-refractivity contribution in [3.05, 3.63) is 0 Å². The van der Waals surface area contributed by atoms with Gasteiger partial charge in [0.2, 0.25) is 10.0 Å². The highest BCUT2D eigenvalue weighted by atomic mass is 32.2. The normalized spacial score (nSPS) is 24.7. The second-order valence-electron chi connectivity index (χ2n) is 7.70. The van der Waals surface area contributed by atoms with Crippen LogP contribution in [0.5, 0.6) is 0 Å². The molecule has 0 unspecified atom stereocenters. The second kappa shape index (κ2) is 8.11. The van der Waals surface area contributed by atoms with Crippen molar-refractivity contribution in [1.29, 1.82) is 0 Å². The Morgan fingerprint density at radius 2 is 1.59 bits per heavy atom. The summed E-state index contributed by atoms with van der Waals surface area (Å²) in [7, 11) is -3.05. The molecule has 0 aromatic carbocycles. The fourth-order valence-corrected chi connectivity index (χ4v) is 5.79. The standard InChI is InChI=1S/C17H34N2O2S/c1-14(2)13-22(20,21)19-11-9-17(10-12-19)18-15(3)16-7-5-4-6-8-16/h14-18H,4-13H2,1-3H3/t15-/m0/s1. The monoisotopic (exact) mass is 330 g/mol. The molecule has 5 heteroatoms. The Kier molecular flexibility index (Phi) is 6.72. The Labute approximate surface area is 137 Å². The quantitative estimate of drug-likeness (QED) is 0.814. The van der Waals surface area contributed by atoms with E-state index in [9.17, 15) is 8.42 Å². The Bertz CT molecular complexity index is 422. The molecule has 1 aliphatic carbocycles. The van der Waals surface area contributed by atoms with Crippen molar-refractivity contribution in [3.63, 3.8) is 0 Å². The maximum absolute atomic E-state index is 12.3. The lowest BCUT2D eigenvalue weighted by Crippen LogP contribution is -2.49. The Morgan fingerprint density at radius 3 is 2.14 bits per heavy atom. The summed E-state index contributed by atoms with van der Waals surface area (Å²) in [6.45, 7) is 7.63. The van der Waals surface area contributed by atoms with Crippen molar-refractivity contribution in [2.75, 3.05) is 18.8 Å². The first-order valence-electron chi connectivity index (χ1n) is 9.12. The molecule has 0 aromatic heterocycles. The van der Waals surface area contributed by atoms with Crippen LogP contribution in [0.1, 0.15) is 65.7 Å². The maximum atomic E-state index is 12.3. The SMILES string of the molecule is CC(C)CS(=O)(=O)N1CCC(N[C@@H](C)C2CCCCC2)CC1. The minimum atomic E-state index is -3.05. The van der Waals surface area contributed by atoms with Crippen LogP contribution in [0.2, 0.25) is 0 Å². The third-order valence-electron chi connectivity index (χ3n) is 5.25. The number of rotatable bonds is 6. The lowest BCUT2D eigenvalue weighted by atomic mass is 9.84. The lowest BCUT2D eigenvalue weighted by molar-refractivity contribution is 0.225. The van der Waals surface area contributed by atoms with Crippen molar-refractivity contribution in [3.8, 4) is 0 Å². The number of hydrogen-bond acceptors (Lipinski definition) is 3. The van der Waals surface area contributed by atoms with E-state index >= 15 is 0 Å². The molecule has 4 nitrogen and oxygen atoms in total. The summed E-state index contributed by atoms with van der Waals surface area (Å²) in [5, 5.41) is 3.78. The van der Waals surface area contributed by atoms with Gasteiger partial charge < -0.3 is 5.32 Å². The van der Waals surface area contributed by atoms with Gasteiger partial charge >= 0.3 is 0 Å². The number of nitrogens with one attached hydrogen (secondary N) is 1. The van der Waals surface area contributed by atoms with E-state index in [4.69, 9.17) is 0 Å². The van der Waals surface area contributed by atoms with E-state index in [1.54, 1.807) is 4.31 Å². The molecule has 0 radical (unpaired) electrons. The van der Waals surface area contributed by atoms with Crippen LogP contribution < -0.4 is 5.32 Å². The summed E-state index contributed by atoms with van der Waals surface area (Å²) in [6.07, 6.45) is 8.77. The van der Waals surface area contributed by atoms with Gasteiger partial charge in [0.05, 0.1) is 5.75 Å². The highest BCUT2D eigenvalue weighted by Crippen LogP contribution is 2.27. The first-order chi connectivity index (χ1) is 10.4. The molecular formula is C17H34N2O2S. The summed E-state index contributed by atoms with van der Waals surface area (Å²) in [5.41, 5.74) is 0. The third kappa shape index (κ3) is 5.20. The molecule has 130 valence electrons. The molecule has 2 aliphatic rings. The van der Waals surface area contributed by atoms with Gasteiger partial charge in [-0.3, -0.25) is 0 Å². The molecule has 1 saturated carbocycles. The highest BCUT2D eigenvalue weighted by molar-refractivity contribution is 7.89. The minimum absolute atomic E-state index is 0.201. The molecule has 1 saturated heterocycles. The molecule has 0 amide bonds. The predicted molar refractivity (Wildman–Crippen MR) is 92.4 cm³/mol. The summed E-state index contributed by atoms with van der Waals surface area (Å²) in [5.74, 6) is 1.30. The van der Waals surface area contributed by atoms with Crippen LogP contribution in [0.3, 0.4) is 0 Å². The van der Waals surface area contributed by atoms with Crippen LogP contribution >= 0.6 is 0 Å². The van der Waals surface area contributed by atoms with Crippen molar-refractivity contribution in [2.45, 2.75) is 77.8 Å². The van der Waals surface area contributed by atoms with Gasteiger partial charge in [0, 0.05) is 25.2 Å². The molecule has 2 fully saturated rings. The minimum Gasteiger partial charge on any atom is -0.311 e. The Hall–Kier alpha value is -0.130. The van der Waals surface area contributed by atoms with Gasteiger partial charge in [-0.05, 0) is 44.4 Å². The van der Waals surface area contributed by atoms with Gasteiger partial charge in [-0.1, -0.05) is 33.1 Å². The first kappa shape index (κ1) is 18.2. The smallest absolute Gasteiger partial charge is 0.214 e. The van der Waals surface area contributed by atoms with E-state index in [0.29, 0.717) is 25.2 Å². The van der Waals surface area contributed by atoms with Crippen LogP contribution in [-0.2, 0) is 10.0 Å². The van der Waals surface area contributed by atoms with E-state index in [1.807, 2.05) is 13.8 Å². The zero-order valence-corrected chi connectivity index (χ0v) is 15.4. The van der Waals surface area contributed by atoms with E-state index in [2.05, 4.69) is 12.2 Å². The molecule has 1 aliphatic heterocycles. The van der Waals surface area contributed by atoms with Crippen molar-refractivity contribution in [1.82, 2.24) is 9.62 Å². The fraction of sp³-hybridized carbons (Fsp3) is 1.00. The van der Waals surface area contributed by atoms with E-state index in [0.717, 1.165) is 18.8 Å². The summed E-state index contributed by atoms with van der Waals surface area (Å²) in [4.78, 5) is 0. The highest BCUT2D eigenvalue weighted by Gasteiger charge is 2.30. The average molecular weight is 331 g/mol. The summed E-state index contributed by atoms with van der Waals surface area (Å²) < 4.78 is 26.3. The number of hydrogen-bond donors (Lipinski definition) is 1. The van der Waals surface area contributed by atoms with Gasteiger partial charge in [0.1, 0.15) is 0 Å². The van der Waals surface area contributed by atoms with Gasteiger partial charge in [0.15, 0.2) is 0 Å². The second-order valence-corrected chi connectivity index (χ2v) is 9.71. The van der Waals surface area contributed by atoms with E-state index < -0.39 is 10.0 Å². The summed E-state index contributed by atoms with van der Waals surface area (Å²) >= 11 is 0. The van der Waals surface area contributed by atoms with Crippen LogP contribution in [0.15, 0.2) is 0 Å². The van der Waals surface area contributed by atoms with Crippen LogP contribution in [0.25, 0.3) is 0 Å². The zero-order chi connectivity index (χ0) is 16.2. The topological polar surface area (TPSA) is 49.4 Å². The molecule has 2 rings (SSSR count). The number of piperidine rings is 1. The predicted octanol–water partition coefficient (Wildman–Crippen LogP) is 3.00. The van der Waals surface area contributed by atoms with Gasteiger partial charge in [-0.25, -0.2) is 12.7 Å². The van der Waals surface area contributed by atoms with Crippen molar-refractivity contribution < 1.29 is 8.42 Å². The molecule has 1 atom stereocenters. The number of nitrogens with zero attached hydrogens (tertiary/aromatic N) is 1. The van der Waals surface area contributed by atoms with E-state index in [1.165, 1.54) is 32.1 Å². The molecule has 1 heterocycles. The Morgan fingerprint density at radius 1 is 1.00 bits per heavy atom. The maximum Gasteiger partial charge on any atom is 0.214 e. The Balaban J connectivity index is 1.77. The molecule has 0 spiro atoms. The lowest BCUT2D eigenvalue weighted by Gasteiger charge is -2.36. The van der Waals surface area contributed by atoms with Gasteiger partial charge in [-0.2, -0.15) is 0 Å². The van der Waals surface area contributed by atoms with E-state index in [-0.39, 0.29) is 11.7 Å². The van der Waals surface area contributed by atoms with Crippen LogP contribution in [0.4, 0.5) is 0 Å². The molecular weight excluding hydrogens is 296 g/mol. The molecule has 1 N–H and O–H groups in total. The van der Waals surface area contributed by atoms with Crippen molar-refractivity contribution in [2.24, 2.45) is 11.8 Å². The number of sulfonamides is 1. The van der Waals surface area contributed by atoms with Gasteiger partial charge in [-0.15, -0.1) is 0 Å². The zero-order valence-electron chi connectivity index (χ0n) is 14.6. The third-order valence-corrected chi connectivity index (χ3v) is 7.49. The average Bonchev–Trinajstić information content (AvgIpc) is 2.47. The largest absolute Gasteiger partial charge is 0.311 e. The fourth-order valence-electron chi connectivity index (χ4n) is 3.97. The molecule has 22 heavy (non-hydrogen) atoms. The summed E-state index contributed by atoms with van der Waals surface area (Å²) in [6, 6.07) is 1.06. The van der Waals surface area contributed by atoms with Crippen molar-refractivity contribution >= 4 is 10.0 Å². The molecule has 0 bridgehead atoms. The van der Waals surface area contributed by atoms with Crippen LogP contribution in [-0.4, -0.2) is 43.6 Å². The van der Waals surface area contributed by atoms with Gasteiger partial charge in [0.25, 0.3) is 0 Å². The molecule has 0 aromatic rings. The van der Waals surface area contributed by atoms with Crippen LogP contribution in [0, 0.1) is 11.8 Å².